The molecule has 1 heterocycles. The zero-order chi connectivity index (χ0) is 14.3. The molecule has 0 spiro atoms. The average Bonchev–Trinajstić information content (AvgIpc) is 2.36. The smallest absolute Gasteiger partial charge is 0.251 e. The molecule has 1 aromatic rings. The van der Waals surface area contributed by atoms with Crippen LogP contribution in [0.4, 0.5) is 0 Å². The van der Waals surface area contributed by atoms with E-state index in [9.17, 15) is 9.90 Å². The van der Waals surface area contributed by atoms with E-state index in [-0.39, 0.29) is 23.5 Å². The zero-order valence-corrected chi connectivity index (χ0v) is 12.1. The SMILES string of the molecule is CCCc1cc(=O)[nH]c(SC(CO)C(N)COC)n1. The van der Waals surface area contributed by atoms with Crippen LogP contribution in [0.15, 0.2) is 16.0 Å². The number of aromatic amines is 1. The first-order valence-electron chi connectivity index (χ1n) is 6.23. The molecule has 0 aliphatic heterocycles. The Labute approximate surface area is 116 Å². The van der Waals surface area contributed by atoms with Gasteiger partial charge in [-0.25, -0.2) is 4.98 Å². The molecular weight excluding hydrogens is 266 g/mol. The second-order valence-electron chi connectivity index (χ2n) is 4.25. The van der Waals surface area contributed by atoms with Crippen LogP contribution in [0.5, 0.6) is 0 Å². The second-order valence-corrected chi connectivity index (χ2v) is 5.48. The predicted octanol–water partition coefficient (Wildman–Crippen LogP) is 0.149. The van der Waals surface area contributed by atoms with Crippen LogP contribution in [0.25, 0.3) is 0 Å². The number of nitrogens with zero attached hydrogens (tertiary/aromatic N) is 1. The highest BCUT2D eigenvalue weighted by Gasteiger charge is 2.19. The minimum absolute atomic E-state index is 0.100. The number of H-pyrrole nitrogens is 1. The lowest BCUT2D eigenvalue weighted by molar-refractivity contribution is 0.167. The van der Waals surface area contributed by atoms with E-state index in [2.05, 4.69) is 9.97 Å². The number of ether oxygens (including phenoxy) is 1. The van der Waals surface area contributed by atoms with Crippen LogP contribution in [-0.4, -0.2) is 46.7 Å². The first kappa shape index (κ1) is 16.2. The summed E-state index contributed by atoms with van der Waals surface area (Å²) in [7, 11) is 1.56. The summed E-state index contributed by atoms with van der Waals surface area (Å²) in [6.07, 6.45) is 1.68. The molecule has 0 amide bonds. The Kier molecular flexibility index (Phi) is 7.07. The maximum absolute atomic E-state index is 11.5. The van der Waals surface area contributed by atoms with Gasteiger partial charge in [0.15, 0.2) is 5.16 Å². The summed E-state index contributed by atoms with van der Waals surface area (Å²) >= 11 is 1.27. The topological polar surface area (TPSA) is 101 Å². The molecule has 2 unspecified atom stereocenters. The van der Waals surface area contributed by atoms with E-state index in [0.29, 0.717) is 11.8 Å². The molecule has 1 aromatic heterocycles. The van der Waals surface area contributed by atoms with Gasteiger partial charge >= 0.3 is 0 Å². The summed E-state index contributed by atoms with van der Waals surface area (Å²) in [5.41, 5.74) is 6.47. The fourth-order valence-corrected chi connectivity index (χ4v) is 2.57. The molecule has 7 heteroatoms. The molecule has 0 saturated carbocycles. The van der Waals surface area contributed by atoms with E-state index in [1.54, 1.807) is 7.11 Å². The highest BCUT2D eigenvalue weighted by Crippen LogP contribution is 2.20. The van der Waals surface area contributed by atoms with Crippen molar-refractivity contribution in [3.63, 3.8) is 0 Å². The first-order valence-corrected chi connectivity index (χ1v) is 7.11. The molecule has 0 radical (unpaired) electrons. The van der Waals surface area contributed by atoms with Gasteiger partial charge in [0.25, 0.3) is 5.56 Å². The summed E-state index contributed by atoms with van der Waals surface area (Å²) in [5, 5.41) is 9.57. The Bertz CT molecular complexity index is 438. The number of hydrogen-bond donors (Lipinski definition) is 3. The highest BCUT2D eigenvalue weighted by atomic mass is 32.2. The van der Waals surface area contributed by atoms with Crippen LogP contribution >= 0.6 is 11.8 Å². The molecule has 6 nitrogen and oxygen atoms in total. The van der Waals surface area contributed by atoms with Crippen LogP contribution in [0.1, 0.15) is 19.0 Å². The number of thioether (sulfide) groups is 1. The number of rotatable bonds is 8. The third-order valence-corrected chi connectivity index (χ3v) is 3.78. The summed E-state index contributed by atoms with van der Waals surface area (Å²) in [6, 6.07) is 1.18. The maximum Gasteiger partial charge on any atom is 0.251 e. The van der Waals surface area contributed by atoms with E-state index < -0.39 is 0 Å². The number of hydrogen-bond acceptors (Lipinski definition) is 6. The zero-order valence-electron chi connectivity index (χ0n) is 11.3. The molecule has 2 atom stereocenters. The van der Waals surface area contributed by atoms with Crippen molar-refractivity contribution in [1.29, 1.82) is 0 Å². The van der Waals surface area contributed by atoms with Crippen molar-refractivity contribution < 1.29 is 9.84 Å². The number of aromatic nitrogens is 2. The molecule has 1 rings (SSSR count). The summed E-state index contributed by atoms with van der Waals surface area (Å²) in [6.45, 7) is 2.27. The van der Waals surface area contributed by atoms with E-state index in [0.717, 1.165) is 18.5 Å². The standard InChI is InChI=1S/C12H21N3O3S/c1-3-4-8-5-11(17)15-12(14-8)19-10(6-16)9(13)7-18-2/h5,9-10,16H,3-4,6-7,13H2,1-2H3,(H,14,15,17). The molecule has 0 saturated heterocycles. The van der Waals surface area contributed by atoms with Crippen LogP contribution in [0, 0.1) is 0 Å². The molecule has 0 aliphatic rings. The van der Waals surface area contributed by atoms with Crippen molar-refractivity contribution in [2.45, 2.75) is 36.2 Å². The Balaban J connectivity index is 2.81. The lowest BCUT2D eigenvalue weighted by Gasteiger charge is -2.20. The van der Waals surface area contributed by atoms with Crippen molar-refractivity contribution >= 4 is 11.8 Å². The Hall–Kier alpha value is -0.890. The van der Waals surface area contributed by atoms with Crippen molar-refractivity contribution in [2.75, 3.05) is 20.3 Å². The fraction of sp³-hybridized carbons (Fsp3) is 0.667. The Morgan fingerprint density at radius 2 is 2.37 bits per heavy atom. The number of nitrogens with one attached hydrogen (secondary N) is 1. The van der Waals surface area contributed by atoms with Crippen molar-refractivity contribution in [1.82, 2.24) is 9.97 Å². The van der Waals surface area contributed by atoms with E-state index in [4.69, 9.17) is 10.5 Å². The number of aliphatic hydroxyl groups excluding tert-OH is 1. The molecule has 0 aromatic carbocycles. The quantitative estimate of drug-likeness (QED) is 0.465. The van der Waals surface area contributed by atoms with Gasteiger partial charge in [-0.2, -0.15) is 0 Å². The lowest BCUT2D eigenvalue weighted by atomic mass is 10.2. The lowest BCUT2D eigenvalue weighted by Crippen LogP contribution is -2.39. The number of aliphatic hydroxyl groups is 1. The van der Waals surface area contributed by atoms with Gasteiger partial charge in [0.2, 0.25) is 0 Å². The van der Waals surface area contributed by atoms with Crippen molar-refractivity contribution in [3.05, 3.63) is 22.1 Å². The molecule has 0 fully saturated rings. The minimum atomic E-state index is -0.319. The van der Waals surface area contributed by atoms with Crippen LogP contribution < -0.4 is 11.3 Å². The monoisotopic (exact) mass is 287 g/mol. The predicted molar refractivity (Wildman–Crippen MR) is 75.4 cm³/mol. The van der Waals surface area contributed by atoms with Crippen LogP contribution in [0.3, 0.4) is 0 Å². The van der Waals surface area contributed by atoms with E-state index >= 15 is 0 Å². The molecule has 19 heavy (non-hydrogen) atoms. The Morgan fingerprint density at radius 3 is 2.95 bits per heavy atom. The van der Waals surface area contributed by atoms with Gasteiger partial charge in [0.1, 0.15) is 0 Å². The van der Waals surface area contributed by atoms with Crippen LogP contribution in [0.2, 0.25) is 0 Å². The summed E-state index contributed by atoms with van der Waals surface area (Å²) < 4.78 is 4.97. The van der Waals surface area contributed by atoms with Crippen LogP contribution in [-0.2, 0) is 11.2 Å². The van der Waals surface area contributed by atoms with Crippen molar-refractivity contribution in [2.24, 2.45) is 5.73 Å². The van der Waals surface area contributed by atoms with Gasteiger partial charge in [-0.1, -0.05) is 25.1 Å². The largest absolute Gasteiger partial charge is 0.395 e. The molecule has 0 bridgehead atoms. The van der Waals surface area contributed by atoms with Gasteiger partial charge < -0.3 is 20.6 Å². The van der Waals surface area contributed by atoms with E-state index in [1.807, 2.05) is 6.92 Å². The first-order chi connectivity index (χ1) is 9.10. The minimum Gasteiger partial charge on any atom is -0.395 e. The van der Waals surface area contributed by atoms with Gasteiger partial charge in [-0.15, -0.1) is 0 Å². The molecule has 108 valence electrons. The molecule has 0 aliphatic carbocycles. The summed E-state index contributed by atoms with van der Waals surface area (Å²) in [4.78, 5) is 18.5. The molecular formula is C12H21N3O3S. The number of aryl methyl sites for hydroxylation is 1. The fourth-order valence-electron chi connectivity index (χ4n) is 1.63. The second kappa shape index (κ2) is 8.31. The average molecular weight is 287 g/mol. The highest BCUT2D eigenvalue weighted by molar-refractivity contribution is 7.99. The third-order valence-electron chi connectivity index (χ3n) is 2.56. The normalized spacial score (nSPS) is 14.3. The van der Waals surface area contributed by atoms with Gasteiger partial charge in [0, 0.05) is 24.9 Å². The van der Waals surface area contributed by atoms with Gasteiger partial charge in [-0.05, 0) is 6.42 Å². The maximum atomic E-state index is 11.5. The Morgan fingerprint density at radius 1 is 1.63 bits per heavy atom. The van der Waals surface area contributed by atoms with E-state index in [1.165, 1.54) is 17.8 Å². The number of methoxy groups -OCH3 is 1. The third kappa shape index (κ3) is 5.32. The molecule has 4 N–H and O–H groups in total. The van der Waals surface area contributed by atoms with Crippen molar-refractivity contribution in [3.8, 4) is 0 Å². The van der Waals surface area contributed by atoms with Gasteiger partial charge in [-0.3, -0.25) is 4.79 Å². The van der Waals surface area contributed by atoms with Gasteiger partial charge in [0.05, 0.1) is 18.5 Å². The number of nitrogens with two attached hydrogens (primary N) is 1. The summed E-state index contributed by atoms with van der Waals surface area (Å²) in [5.74, 6) is 0.